The van der Waals surface area contributed by atoms with Crippen molar-refractivity contribution in [2.75, 3.05) is 5.32 Å². The summed E-state index contributed by atoms with van der Waals surface area (Å²) in [7, 11) is 0. The Balaban J connectivity index is 2.24. The molecular formula is C13H13BrN2OS. The van der Waals surface area contributed by atoms with Gasteiger partial charge in [0.1, 0.15) is 6.04 Å². The molecule has 0 aliphatic rings. The molecule has 0 fully saturated rings. The zero-order valence-corrected chi connectivity index (χ0v) is 12.2. The summed E-state index contributed by atoms with van der Waals surface area (Å²) in [5.74, 6) is -0.383. The molecular weight excluding hydrogens is 312 g/mol. The highest BCUT2D eigenvalue weighted by atomic mass is 79.9. The first-order valence-electron chi connectivity index (χ1n) is 5.44. The summed E-state index contributed by atoms with van der Waals surface area (Å²) in [6.45, 7) is 2.01. The Morgan fingerprint density at radius 2 is 2.17 bits per heavy atom. The van der Waals surface area contributed by atoms with E-state index in [0.717, 1.165) is 19.9 Å². The van der Waals surface area contributed by atoms with E-state index in [2.05, 4.69) is 21.2 Å². The third kappa shape index (κ3) is 3.11. The third-order valence-corrected chi connectivity index (χ3v) is 4.18. The maximum absolute atomic E-state index is 11.5. The number of carbonyl (C=O) groups is 1. The van der Waals surface area contributed by atoms with Gasteiger partial charge in [0.05, 0.1) is 3.79 Å². The second-order valence-electron chi connectivity index (χ2n) is 3.99. The summed E-state index contributed by atoms with van der Waals surface area (Å²) in [5.41, 5.74) is 7.48. The third-order valence-electron chi connectivity index (χ3n) is 2.49. The van der Waals surface area contributed by atoms with Gasteiger partial charge in [0, 0.05) is 10.6 Å². The molecule has 2 rings (SSSR count). The normalized spacial score (nSPS) is 12.1. The molecule has 0 saturated heterocycles. The van der Waals surface area contributed by atoms with Gasteiger partial charge >= 0.3 is 0 Å². The Morgan fingerprint density at radius 3 is 2.72 bits per heavy atom. The number of hydrogen-bond acceptors (Lipinski definition) is 3. The molecule has 1 atom stereocenters. The number of anilines is 1. The van der Waals surface area contributed by atoms with E-state index in [-0.39, 0.29) is 5.91 Å². The monoisotopic (exact) mass is 324 g/mol. The number of aryl methyl sites for hydroxylation is 1. The quantitative estimate of drug-likeness (QED) is 0.904. The average molecular weight is 325 g/mol. The minimum absolute atomic E-state index is 0.383. The van der Waals surface area contributed by atoms with Crippen molar-refractivity contribution < 1.29 is 4.79 Å². The SMILES string of the molecule is Cc1cccc(NC(C(N)=O)c2ccc(Br)s2)c1. The molecule has 1 aromatic carbocycles. The van der Waals surface area contributed by atoms with Crippen molar-refractivity contribution in [1.82, 2.24) is 0 Å². The Morgan fingerprint density at radius 1 is 1.39 bits per heavy atom. The number of primary amides is 1. The summed E-state index contributed by atoms with van der Waals surface area (Å²) in [6, 6.07) is 11.2. The highest BCUT2D eigenvalue weighted by molar-refractivity contribution is 9.11. The lowest BCUT2D eigenvalue weighted by Crippen LogP contribution is -2.26. The van der Waals surface area contributed by atoms with Crippen molar-refractivity contribution in [3.63, 3.8) is 0 Å². The minimum atomic E-state index is -0.497. The second kappa shape index (κ2) is 5.54. The molecule has 0 bridgehead atoms. The number of hydrogen-bond donors (Lipinski definition) is 2. The highest BCUT2D eigenvalue weighted by Crippen LogP contribution is 2.29. The highest BCUT2D eigenvalue weighted by Gasteiger charge is 2.19. The van der Waals surface area contributed by atoms with Crippen LogP contribution in [0.25, 0.3) is 0 Å². The van der Waals surface area contributed by atoms with Crippen molar-refractivity contribution in [3.05, 3.63) is 50.6 Å². The molecule has 1 unspecified atom stereocenters. The van der Waals surface area contributed by atoms with Crippen molar-refractivity contribution in [2.45, 2.75) is 13.0 Å². The number of carbonyl (C=O) groups excluding carboxylic acids is 1. The molecule has 3 N–H and O–H groups in total. The predicted octanol–water partition coefficient (Wildman–Crippen LogP) is 3.46. The lowest BCUT2D eigenvalue weighted by Gasteiger charge is -2.15. The van der Waals surface area contributed by atoms with Gasteiger partial charge in [-0.05, 0) is 52.7 Å². The molecule has 5 heteroatoms. The molecule has 0 aliphatic heterocycles. The van der Waals surface area contributed by atoms with Crippen LogP contribution in [0.3, 0.4) is 0 Å². The van der Waals surface area contributed by atoms with Crippen LogP contribution in [0.2, 0.25) is 0 Å². The Kier molecular flexibility index (Phi) is 4.04. The molecule has 1 amide bonds. The van der Waals surface area contributed by atoms with Crippen molar-refractivity contribution >= 4 is 38.9 Å². The molecule has 2 aromatic rings. The van der Waals surface area contributed by atoms with Crippen LogP contribution in [0.4, 0.5) is 5.69 Å². The van der Waals surface area contributed by atoms with E-state index in [1.807, 2.05) is 43.3 Å². The van der Waals surface area contributed by atoms with E-state index in [9.17, 15) is 4.79 Å². The van der Waals surface area contributed by atoms with Crippen LogP contribution in [0, 0.1) is 6.92 Å². The van der Waals surface area contributed by atoms with E-state index < -0.39 is 6.04 Å². The Hall–Kier alpha value is -1.33. The molecule has 0 saturated carbocycles. The van der Waals surface area contributed by atoms with E-state index in [0.29, 0.717) is 0 Å². The van der Waals surface area contributed by atoms with Gasteiger partial charge in [0.15, 0.2) is 0 Å². The fourth-order valence-corrected chi connectivity index (χ4v) is 3.15. The fourth-order valence-electron chi connectivity index (χ4n) is 1.67. The summed E-state index contributed by atoms with van der Waals surface area (Å²) >= 11 is 4.89. The topological polar surface area (TPSA) is 55.1 Å². The number of rotatable bonds is 4. The standard InChI is InChI=1S/C13H13BrN2OS/c1-8-3-2-4-9(7-8)16-12(13(15)17)10-5-6-11(14)18-10/h2-7,12,16H,1H3,(H2,15,17). The first-order valence-corrected chi connectivity index (χ1v) is 7.05. The molecule has 1 aromatic heterocycles. The van der Waals surface area contributed by atoms with Crippen molar-refractivity contribution in [1.29, 1.82) is 0 Å². The summed E-state index contributed by atoms with van der Waals surface area (Å²) < 4.78 is 0.981. The molecule has 0 aliphatic carbocycles. The number of thiophene rings is 1. The zero-order valence-electron chi connectivity index (χ0n) is 9.81. The lowest BCUT2D eigenvalue weighted by molar-refractivity contribution is -0.118. The zero-order chi connectivity index (χ0) is 13.1. The van der Waals surface area contributed by atoms with E-state index in [4.69, 9.17) is 5.73 Å². The summed E-state index contributed by atoms with van der Waals surface area (Å²) in [6.07, 6.45) is 0. The van der Waals surface area contributed by atoms with Gasteiger partial charge < -0.3 is 11.1 Å². The van der Waals surface area contributed by atoms with Crippen LogP contribution in [-0.2, 0) is 4.79 Å². The molecule has 1 heterocycles. The summed E-state index contributed by atoms with van der Waals surface area (Å²) in [4.78, 5) is 12.4. The largest absolute Gasteiger partial charge is 0.369 e. The van der Waals surface area contributed by atoms with Crippen LogP contribution >= 0.6 is 27.3 Å². The second-order valence-corrected chi connectivity index (χ2v) is 6.49. The number of benzene rings is 1. The first-order chi connectivity index (χ1) is 8.56. The van der Waals surface area contributed by atoms with Crippen LogP contribution in [0.15, 0.2) is 40.2 Å². The van der Waals surface area contributed by atoms with Gasteiger partial charge in [0.25, 0.3) is 0 Å². The van der Waals surface area contributed by atoms with Crippen molar-refractivity contribution in [2.24, 2.45) is 5.73 Å². The fraction of sp³-hybridized carbons (Fsp3) is 0.154. The van der Waals surface area contributed by atoms with Gasteiger partial charge in [-0.1, -0.05) is 12.1 Å². The average Bonchev–Trinajstić information content (AvgIpc) is 2.72. The van der Waals surface area contributed by atoms with E-state index in [1.54, 1.807) is 0 Å². The smallest absolute Gasteiger partial charge is 0.245 e. The predicted molar refractivity (Wildman–Crippen MR) is 78.8 cm³/mol. The van der Waals surface area contributed by atoms with E-state index in [1.165, 1.54) is 11.3 Å². The van der Waals surface area contributed by atoms with E-state index >= 15 is 0 Å². The maximum Gasteiger partial charge on any atom is 0.245 e. The van der Waals surface area contributed by atoms with Crippen LogP contribution in [0.5, 0.6) is 0 Å². The summed E-state index contributed by atoms with van der Waals surface area (Å²) in [5, 5.41) is 3.16. The van der Waals surface area contributed by atoms with Gasteiger partial charge in [-0.3, -0.25) is 4.79 Å². The van der Waals surface area contributed by atoms with Crippen LogP contribution in [0.1, 0.15) is 16.5 Å². The number of halogens is 1. The van der Waals surface area contributed by atoms with Gasteiger partial charge in [-0.25, -0.2) is 0 Å². The number of nitrogens with one attached hydrogen (secondary N) is 1. The first kappa shape index (κ1) is 13.1. The Labute approximate surface area is 118 Å². The molecule has 3 nitrogen and oxygen atoms in total. The molecule has 0 spiro atoms. The Bertz CT molecular complexity index is 568. The maximum atomic E-state index is 11.5. The van der Waals surface area contributed by atoms with Crippen LogP contribution in [-0.4, -0.2) is 5.91 Å². The van der Waals surface area contributed by atoms with Crippen molar-refractivity contribution in [3.8, 4) is 0 Å². The van der Waals surface area contributed by atoms with Gasteiger partial charge in [-0.15, -0.1) is 11.3 Å². The number of nitrogens with two attached hydrogens (primary N) is 1. The molecule has 0 radical (unpaired) electrons. The number of amides is 1. The minimum Gasteiger partial charge on any atom is -0.369 e. The molecule has 18 heavy (non-hydrogen) atoms. The molecule has 94 valence electrons. The van der Waals surface area contributed by atoms with Crippen LogP contribution < -0.4 is 11.1 Å². The van der Waals surface area contributed by atoms with Gasteiger partial charge in [0.2, 0.25) is 5.91 Å². The van der Waals surface area contributed by atoms with Gasteiger partial charge in [-0.2, -0.15) is 0 Å². The lowest BCUT2D eigenvalue weighted by atomic mass is 10.2.